The number of hydrogen-bond acceptors (Lipinski definition) is 4. The Bertz CT molecular complexity index is 561. The first-order valence-electron chi connectivity index (χ1n) is 6.25. The Morgan fingerprint density at radius 3 is 2.81 bits per heavy atom. The van der Waals surface area contributed by atoms with Gasteiger partial charge < -0.3 is 4.74 Å². The fourth-order valence-corrected chi connectivity index (χ4v) is 1.91. The Hall–Kier alpha value is -2.18. The van der Waals surface area contributed by atoms with Crippen LogP contribution in [0.15, 0.2) is 23.3 Å². The first-order valence-corrected chi connectivity index (χ1v) is 6.25. The summed E-state index contributed by atoms with van der Waals surface area (Å²) in [6.07, 6.45) is 0.458. The molecular weight excluding hydrogens is 282 g/mol. The van der Waals surface area contributed by atoms with Gasteiger partial charge in [-0.15, -0.1) is 0 Å². The monoisotopic (exact) mass is 298 g/mol. The van der Waals surface area contributed by atoms with Crippen LogP contribution in [0.5, 0.6) is 0 Å². The summed E-state index contributed by atoms with van der Waals surface area (Å²) < 4.78 is 31.6. The lowest BCUT2D eigenvalue weighted by Crippen LogP contribution is -2.48. The molecule has 1 aromatic carbocycles. The quantitative estimate of drug-likeness (QED) is 0.276. The van der Waals surface area contributed by atoms with Gasteiger partial charge in [0, 0.05) is 23.1 Å². The summed E-state index contributed by atoms with van der Waals surface area (Å²) in [6, 6.07) is 2.97. The molecule has 0 amide bonds. The standard InChI is InChI=1S/C13H16F2N4O2/c1-13(12(20)21-2,17-6-3-7-18-19-16)10-5-4-9(14)8-11(10)15/h4-5,8,17H,3,6-7H2,1-2H3. The molecule has 0 heterocycles. The van der Waals surface area contributed by atoms with Crippen molar-refractivity contribution < 1.29 is 18.3 Å². The summed E-state index contributed by atoms with van der Waals surface area (Å²) in [5.41, 5.74) is 6.70. The summed E-state index contributed by atoms with van der Waals surface area (Å²) in [6.45, 7) is 1.98. The highest BCUT2D eigenvalue weighted by Gasteiger charge is 2.38. The molecule has 0 saturated heterocycles. The van der Waals surface area contributed by atoms with E-state index in [0.717, 1.165) is 6.07 Å². The largest absolute Gasteiger partial charge is 0.467 e. The minimum atomic E-state index is -1.46. The number of carbonyl (C=O) groups excluding carboxylic acids is 1. The number of ether oxygens (including phenoxy) is 1. The van der Waals surface area contributed by atoms with Crippen molar-refractivity contribution in [3.05, 3.63) is 45.8 Å². The van der Waals surface area contributed by atoms with Gasteiger partial charge in [0.2, 0.25) is 0 Å². The van der Waals surface area contributed by atoms with Crippen LogP contribution in [0.2, 0.25) is 0 Å². The van der Waals surface area contributed by atoms with E-state index in [-0.39, 0.29) is 12.1 Å². The molecule has 0 radical (unpaired) electrons. The van der Waals surface area contributed by atoms with E-state index < -0.39 is 23.1 Å². The van der Waals surface area contributed by atoms with Gasteiger partial charge in [-0.1, -0.05) is 11.2 Å². The maximum atomic E-state index is 13.9. The highest BCUT2D eigenvalue weighted by molar-refractivity contribution is 5.82. The number of rotatable bonds is 7. The highest BCUT2D eigenvalue weighted by atomic mass is 19.1. The van der Waals surface area contributed by atoms with Crippen molar-refractivity contribution in [2.24, 2.45) is 5.11 Å². The molecule has 21 heavy (non-hydrogen) atoms. The fourth-order valence-electron chi connectivity index (χ4n) is 1.91. The molecule has 0 aliphatic carbocycles. The molecule has 1 N–H and O–H groups in total. The summed E-state index contributed by atoms with van der Waals surface area (Å²) in [5.74, 6) is -2.27. The number of esters is 1. The second kappa shape index (κ2) is 7.56. The van der Waals surface area contributed by atoms with Gasteiger partial charge in [-0.3, -0.25) is 5.32 Å². The van der Waals surface area contributed by atoms with Gasteiger partial charge in [0.1, 0.15) is 17.2 Å². The SMILES string of the molecule is COC(=O)C(C)(NCCCN=[N+]=[N-])c1ccc(F)cc1F. The van der Waals surface area contributed by atoms with Crippen LogP contribution < -0.4 is 5.32 Å². The van der Waals surface area contributed by atoms with Gasteiger partial charge in [0.15, 0.2) is 0 Å². The molecule has 0 saturated carbocycles. The maximum Gasteiger partial charge on any atom is 0.330 e. The van der Waals surface area contributed by atoms with Gasteiger partial charge in [-0.2, -0.15) is 0 Å². The Balaban J connectivity index is 2.97. The second-order valence-corrected chi connectivity index (χ2v) is 4.48. The molecule has 1 atom stereocenters. The zero-order chi connectivity index (χ0) is 15.9. The summed E-state index contributed by atoms with van der Waals surface area (Å²) >= 11 is 0. The van der Waals surface area contributed by atoms with Crippen LogP contribution in [0, 0.1) is 11.6 Å². The average Bonchev–Trinajstić information content (AvgIpc) is 2.45. The molecule has 0 aliphatic rings. The maximum absolute atomic E-state index is 13.9. The molecule has 0 spiro atoms. The third kappa shape index (κ3) is 4.14. The molecule has 1 unspecified atom stereocenters. The lowest BCUT2D eigenvalue weighted by Gasteiger charge is -2.29. The van der Waals surface area contributed by atoms with Crippen LogP contribution in [-0.4, -0.2) is 26.2 Å². The topological polar surface area (TPSA) is 87.1 Å². The van der Waals surface area contributed by atoms with Gasteiger partial charge >= 0.3 is 5.97 Å². The highest BCUT2D eigenvalue weighted by Crippen LogP contribution is 2.25. The molecule has 0 fully saturated rings. The molecule has 1 aromatic rings. The predicted molar refractivity (Wildman–Crippen MR) is 72.4 cm³/mol. The van der Waals surface area contributed by atoms with Crippen LogP contribution in [0.1, 0.15) is 18.9 Å². The smallest absolute Gasteiger partial charge is 0.330 e. The van der Waals surface area contributed by atoms with Gasteiger partial charge in [-0.25, -0.2) is 13.6 Å². The predicted octanol–water partition coefficient (Wildman–Crippen LogP) is 2.64. The molecular formula is C13H16F2N4O2. The first-order chi connectivity index (χ1) is 9.95. The summed E-state index contributed by atoms with van der Waals surface area (Å²) in [5, 5.41) is 6.22. The minimum Gasteiger partial charge on any atom is -0.467 e. The molecule has 8 heteroatoms. The van der Waals surface area contributed by atoms with Gasteiger partial charge in [0.25, 0.3) is 0 Å². The van der Waals surface area contributed by atoms with Crippen molar-refractivity contribution >= 4 is 5.97 Å². The average molecular weight is 298 g/mol. The van der Waals surface area contributed by atoms with Crippen molar-refractivity contribution in [3.63, 3.8) is 0 Å². The Morgan fingerprint density at radius 2 is 2.24 bits per heavy atom. The van der Waals surface area contributed by atoms with Gasteiger partial charge in [-0.05, 0) is 31.5 Å². The zero-order valence-corrected chi connectivity index (χ0v) is 11.8. The normalized spacial score (nSPS) is 13.1. The molecule has 6 nitrogen and oxygen atoms in total. The van der Waals surface area contributed by atoms with Crippen LogP contribution >= 0.6 is 0 Å². The van der Waals surface area contributed by atoms with Crippen molar-refractivity contribution in [3.8, 4) is 0 Å². The van der Waals surface area contributed by atoms with Crippen molar-refractivity contribution in [2.45, 2.75) is 18.9 Å². The van der Waals surface area contributed by atoms with E-state index in [9.17, 15) is 13.6 Å². The van der Waals surface area contributed by atoms with E-state index in [2.05, 4.69) is 20.1 Å². The van der Waals surface area contributed by atoms with E-state index in [0.29, 0.717) is 19.0 Å². The summed E-state index contributed by atoms with van der Waals surface area (Å²) in [4.78, 5) is 14.6. The van der Waals surface area contributed by atoms with E-state index in [1.165, 1.54) is 20.1 Å². The second-order valence-electron chi connectivity index (χ2n) is 4.48. The van der Waals surface area contributed by atoms with Crippen molar-refractivity contribution in [2.75, 3.05) is 20.2 Å². The molecule has 1 rings (SSSR count). The number of benzene rings is 1. The molecule has 114 valence electrons. The number of nitrogens with zero attached hydrogens (tertiary/aromatic N) is 3. The number of halogens is 2. The number of azide groups is 1. The van der Waals surface area contributed by atoms with E-state index in [1.807, 2.05) is 0 Å². The Morgan fingerprint density at radius 1 is 1.52 bits per heavy atom. The lowest BCUT2D eigenvalue weighted by atomic mass is 9.91. The fraction of sp³-hybridized carbons (Fsp3) is 0.462. The van der Waals surface area contributed by atoms with Crippen LogP contribution in [-0.2, 0) is 15.1 Å². The third-order valence-electron chi connectivity index (χ3n) is 3.04. The van der Waals surface area contributed by atoms with Crippen molar-refractivity contribution in [1.82, 2.24) is 5.32 Å². The van der Waals surface area contributed by atoms with Crippen molar-refractivity contribution in [1.29, 1.82) is 0 Å². The van der Waals surface area contributed by atoms with Crippen LogP contribution in [0.3, 0.4) is 0 Å². The van der Waals surface area contributed by atoms with Crippen LogP contribution in [0.4, 0.5) is 8.78 Å². The van der Waals surface area contributed by atoms with Gasteiger partial charge in [0.05, 0.1) is 7.11 Å². The van der Waals surface area contributed by atoms with Crippen LogP contribution in [0.25, 0.3) is 10.4 Å². The number of methoxy groups -OCH3 is 1. The minimum absolute atomic E-state index is 0.0143. The van der Waals surface area contributed by atoms with E-state index in [1.54, 1.807) is 0 Å². The first kappa shape index (κ1) is 16.9. The Kier molecular flexibility index (Phi) is 6.08. The molecule has 0 bridgehead atoms. The van der Waals surface area contributed by atoms with E-state index >= 15 is 0 Å². The number of carbonyl (C=O) groups is 1. The lowest BCUT2D eigenvalue weighted by molar-refractivity contribution is -0.148. The number of nitrogens with one attached hydrogen (secondary N) is 1. The summed E-state index contributed by atoms with van der Waals surface area (Å²) in [7, 11) is 1.18. The van der Waals surface area contributed by atoms with E-state index in [4.69, 9.17) is 5.53 Å². The molecule has 0 aliphatic heterocycles. The third-order valence-corrected chi connectivity index (χ3v) is 3.04. The number of hydrogen-bond donors (Lipinski definition) is 1. The zero-order valence-electron chi connectivity index (χ0n) is 11.8. The Labute approximate surface area is 120 Å². The molecule has 0 aromatic heterocycles.